The van der Waals surface area contributed by atoms with E-state index in [4.69, 9.17) is 5.11 Å². The van der Waals surface area contributed by atoms with Crippen LogP contribution >= 0.6 is 0 Å². The van der Waals surface area contributed by atoms with Crippen molar-refractivity contribution in [2.24, 2.45) is 0 Å². The Morgan fingerprint density at radius 2 is 1.77 bits per heavy atom. The highest BCUT2D eigenvalue weighted by Crippen LogP contribution is 2.25. The van der Waals surface area contributed by atoms with E-state index in [-0.39, 0.29) is 0 Å². The molecule has 4 nitrogen and oxygen atoms in total. The Bertz CT molecular complexity index is 721. The number of hydrogen-bond donors (Lipinski definition) is 2. The number of anilines is 1. The van der Waals surface area contributed by atoms with Gasteiger partial charge in [0, 0.05) is 24.8 Å². The molecule has 0 unspecified atom stereocenters. The Hall–Kier alpha value is -2.33. The van der Waals surface area contributed by atoms with Crippen molar-refractivity contribution in [3.63, 3.8) is 0 Å². The molecule has 0 saturated heterocycles. The predicted octanol–water partition coefficient (Wildman–Crippen LogP) is 4.76. The van der Waals surface area contributed by atoms with Crippen molar-refractivity contribution in [1.82, 2.24) is 4.90 Å². The van der Waals surface area contributed by atoms with Gasteiger partial charge in [-0.2, -0.15) is 0 Å². The van der Waals surface area contributed by atoms with Crippen LogP contribution in [-0.4, -0.2) is 29.1 Å². The van der Waals surface area contributed by atoms with E-state index in [0.29, 0.717) is 18.2 Å². The number of benzene rings is 2. The summed E-state index contributed by atoms with van der Waals surface area (Å²) in [6.07, 6.45) is 6.69. The first kappa shape index (κ1) is 18.5. The molecule has 0 aromatic heterocycles. The van der Waals surface area contributed by atoms with Gasteiger partial charge in [0.05, 0.1) is 5.56 Å². The van der Waals surface area contributed by atoms with Crippen LogP contribution in [0.3, 0.4) is 0 Å². The molecule has 2 aromatic rings. The molecule has 26 heavy (non-hydrogen) atoms. The van der Waals surface area contributed by atoms with E-state index in [1.807, 2.05) is 12.1 Å². The van der Waals surface area contributed by atoms with Gasteiger partial charge in [-0.15, -0.1) is 0 Å². The van der Waals surface area contributed by atoms with Crippen LogP contribution in [0.5, 0.6) is 0 Å². The largest absolute Gasteiger partial charge is 0.478 e. The number of carboxylic acids is 1. The molecule has 0 heterocycles. The molecule has 0 spiro atoms. The van der Waals surface area contributed by atoms with Gasteiger partial charge in [0.25, 0.3) is 0 Å². The minimum Gasteiger partial charge on any atom is -0.478 e. The van der Waals surface area contributed by atoms with Gasteiger partial charge in [-0.25, -0.2) is 4.79 Å². The van der Waals surface area contributed by atoms with Crippen molar-refractivity contribution in [1.29, 1.82) is 0 Å². The van der Waals surface area contributed by atoms with Crippen LogP contribution in [0.4, 0.5) is 5.69 Å². The molecule has 4 heteroatoms. The van der Waals surface area contributed by atoms with Crippen molar-refractivity contribution in [3.8, 4) is 0 Å². The third-order valence-electron chi connectivity index (χ3n) is 5.32. The van der Waals surface area contributed by atoms with E-state index in [9.17, 15) is 4.79 Å². The molecule has 1 saturated carbocycles. The molecular weight excluding hydrogens is 324 g/mol. The molecule has 2 N–H and O–H groups in total. The molecular formula is C22H28N2O2. The number of nitrogens with one attached hydrogen (secondary N) is 1. The second-order valence-corrected chi connectivity index (χ2v) is 7.22. The molecule has 3 rings (SSSR count). The Kier molecular flexibility index (Phi) is 6.29. The summed E-state index contributed by atoms with van der Waals surface area (Å²) in [7, 11) is 2.23. The van der Waals surface area contributed by atoms with Crippen molar-refractivity contribution < 1.29 is 9.90 Å². The van der Waals surface area contributed by atoms with E-state index in [2.05, 4.69) is 41.5 Å². The van der Waals surface area contributed by atoms with Gasteiger partial charge >= 0.3 is 5.97 Å². The Labute approximate surface area is 155 Å². The monoisotopic (exact) mass is 352 g/mol. The van der Waals surface area contributed by atoms with Crippen LogP contribution in [0.1, 0.15) is 53.6 Å². The molecule has 1 aliphatic rings. The van der Waals surface area contributed by atoms with Gasteiger partial charge in [0.15, 0.2) is 0 Å². The van der Waals surface area contributed by atoms with E-state index < -0.39 is 5.97 Å². The molecule has 138 valence electrons. The van der Waals surface area contributed by atoms with Gasteiger partial charge in [-0.1, -0.05) is 49.6 Å². The first-order chi connectivity index (χ1) is 12.6. The fourth-order valence-corrected chi connectivity index (χ4v) is 3.71. The standard InChI is InChI=1S/C22H28N2O2/c1-24(20-8-3-2-4-9-20)16-19-7-5-6-10-21(19)23-15-17-11-13-18(14-12-17)22(25)26/h5-7,10-14,20,23H,2-4,8-9,15-16H2,1H3,(H,25,26). The minimum atomic E-state index is -0.888. The molecule has 0 atom stereocenters. The van der Waals surface area contributed by atoms with Gasteiger partial charge in [0.1, 0.15) is 0 Å². The van der Waals surface area contributed by atoms with Crippen molar-refractivity contribution >= 4 is 11.7 Å². The Morgan fingerprint density at radius 3 is 2.46 bits per heavy atom. The number of hydrogen-bond acceptors (Lipinski definition) is 3. The number of rotatable bonds is 7. The Morgan fingerprint density at radius 1 is 1.08 bits per heavy atom. The molecule has 0 bridgehead atoms. The maximum Gasteiger partial charge on any atom is 0.335 e. The van der Waals surface area contributed by atoms with Gasteiger partial charge in [0.2, 0.25) is 0 Å². The normalized spacial score (nSPS) is 15.2. The minimum absolute atomic E-state index is 0.322. The summed E-state index contributed by atoms with van der Waals surface area (Å²) in [6.45, 7) is 1.63. The predicted molar refractivity (Wildman–Crippen MR) is 106 cm³/mol. The molecule has 0 aliphatic heterocycles. The van der Waals surface area contributed by atoms with Crippen LogP contribution in [-0.2, 0) is 13.1 Å². The topological polar surface area (TPSA) is 52.6 Å². The van der Waals surface area contributed by atoms with Gasteiger partial charge in [-0.3, -0.25) is 4.90 Å². The lowest BCUT2D eigenvalue weighted by Crippen LogP contribution is -2.33. The highest BCUT2D eigenvalue weighted by atomic mass is 16.4. The van der Waals surface area contributed by atoms with E-state index in [1.165, 1.54) is 37.7 Å². The van der Waals surface area contributed by atoms with Crippen molar-refractivity contribution in [2.75, 3.05) is 12.4 Å². The third kappa shape index (κ3) is 4.85. The summed E-state index contributed by atoms with van der Waals surface area (Å²) in [5.74, 6) is -0.888. The number of para-hydroxylation sites is 1. The lowest BCUT2D eigenvalue weighted by Gasteiger charge is -2.31. The summed E-state index contributed by atoms with van der Waals surface area (Å²) >= 11 is 0. The zero-order valence-corrected chi connectivity index (χ0v) is 15.4. The van der Waals surface area contributed by atoms with Gasteiger partial charge < -0.3 is 10.4 Å². The van der Waals surface area contributed by atoms with Crippen LogP contribution < -0.4 is 5.32 Å². The second-order valence-electron chi connectivity index (χ2n) is 7.22. The fraction of sp³-hybridized carbons (Fsp3) is 0.409. The van der Waals surface area contributed by atoms with Crippen LogP contribution in [0.25, 0.3) is 0 Å². The van der Waals surface area contributed by atoms with E-state index in [0.717, 1.165) is 17.8 Å². The van der Waals surface area contributed by atoms with Crippen LogP contribution in [0, 0.1) is 0 Å². The number of carboxylic acid groups (broad SMARTS) is 1. The van der Waals surface area contributed by atoms with Crippen LogP contribution in [0.2, 0.25) is 0 Å². The zero-order chi connectivity index (χ0) is 18.4. The maximum atomic E-state index is 10.9. The average Bonchev–Trinajstić information content (AvgIpc) is 2.68. The van der Waals surface area contributed by atoms with Crippen molar-refractivity contribution in [2.45, 2.75) is 51.2 Å². The first-order valence-electron chi connectivity index (χ1n) is 9.48. The lowest BCUT2D eigenvalue weighted by molar-refractivity contribution is 0.0697. The number of aromatic carboxylic acids is 1. The molecule has 2 aromatic carbocycles. The quantitative estimate of drug-likeness (QED) is 0.754. The summed E-state index contributed by atoms with van der Waals surface area (Å²) in [5, 5.41) is 12.5. The van der Waals surface area contributed by atoms with E-state index >= 15 is 0 Å². The number of carbonyl (C=O) groups is 1. The summed E-state index contributed by atoms with van der Waals surface area (Å²) < 4.78 is 0. The highest BCUT2D eigenvalue weighted by molar-refractivity contribution is 5.87. The first-order valence-corrected chi connectivity index (χ1v) is 9.48. The van der Waals surface area contributed by atoms with Crippen molar-refractivity contribution in [3.05, 3.63) is 65.2 Å². The van der Waals surface area contributed by atoms with E-state index in [1.54, 1.807) is 12.1 Å². The zero-order valence-electron chi connectivity index (χ0n) is 15.4. The highest BCUT2D eigenvalue weighted by Gasteiger charge is 2.18. The summed E-state index contributed by atoms with van der Waals surface area (Å²) in [5.41, 5.74) is 3.86. The SMILES string of the molecule is CN(Cc1ccccc1NCc1ccc(C(=O)O)cc1)C1CCCCC1. The average molecular weight is 352 g/mol. The smallest absolute Gasteiger partial charge is 0.335 e. The second kappa shape index (κ2) is 8.86. The summed E-state index contributed by atoms with van der Waals surface area (Å²) in [4.78, 5) is 13.4. The number of nitrogens with zero attached hydrogens (tertiary/aromatic N) is 1. The molecule has 0 radical (unpaired) electrons. The van der Waals surface area contributed by atoms with Crippen LogP contribution in [0.15, 0.2) is 48.5 Å². The lowest BCUT2D eigenvalue weighted by atomic mass is 9.94. The Balaban J connectivity index is 1.62. The molecule has 1 aliphatic carbocycles. The third-order valence-corrected chi connectivity index (χ3v) is 5.32. The van der Waals surface area contributed by atoms with Gasteiger partial charge in [-0.05, 0) is 49.2 Å². The fourth-order valence-electron chi connectivity index (χ4n) is 3.71. The molecule has 0 amide bonds. The molecule has 1 fully saturated rings. The maximum absolute atomic E-state index is 10.9. The summed E-state index contributed by atoms with van der Waals surface area (Å²) in [6, 6.07) is 16.2.